The maximum Gasteiger partial charge on any atom is 0.270 e. The largest absolute Gasteiger partial charge is 0.379 e. The average molecular weight is 386 g/mol. The van der Waals surface area contributed by atoms with Gasteiger partial charge in [0.1, 0.15) is 11.7 Å². The van der Waals surface area contributed by atoms with Crippen LogP contribution in [0.1, 0.15) is 51.0 Å². The lowest BCUT2D eigenvalue weighted by Gasteiger charge is -2.22. The van der Waals surface area contributed by atoms with Crippen molar-refractivity contribution in [2.24, 2.45) is 5.92 Å². The molecule has 0 spiro atoms. The van der Waals surface area contributed by atoms with Crippen LogP contribution in [0.4, 0.5) is 0 Å². The van der Waals surface area contributed by atoms with Gasteiger partial charge in [0.2, 0.25) is 5.91 Å². The van der Waals surface area contributed by atoms with Crippen LogP contribution in [-0.2, 0) is 9.53 Å². The van der Waals surface area contributed by atoms with Crippen molar-refractivity contribution in [2.75, 3.05) is 13.2 Å². The lowest BCUT2D eigenvalue weighted by atomic mass is 10.0. The van der Waals surface area contributed by atoms with E-state index in [1.807, 2.05) is 58.0 Å². The minimum Gasteiger partial charge on any atom is -0.379 e. The van der Waals surface area contributed by atoms with Gasteiger partial charge in [0.15, 0.2) is 0 Å². The Morgan fingerprint density at radius 3 is 2.61 bits per heavy atom. The molecule has 6 nitrogen and oxygen atoms in total. The van der Waals surface area contributed by atoms with E-state index in [-0.39, 0.29) is 23.8 Å². The highest BCUT2D eigenvalue weighted by Gasteiger charge is 2.26. The Bertz CT molecular complexity index is 785. The summed E-state index contributed by atoms with van der Waals surface area (Å²) in [6, 6.07) is 10.6. The van der Waals surface area contributed by atoms with Crippen molar-refractivity contribution in [2.45, 2.75) is 52.6 Å². The quantitative estimate of drug-likeness (QED) is 0.799. The number of amides is 2. The predicted molar refractivity (Wildman–Crippen MR) is 111 cm³/mol. The number of carbonyl (C=O) groups is 2. The SMILES string of the molecule is CC.CC(C)C[C@H](NC(=O)c1ccc2ccccc2n1)C(=O)N[C@H]1CCOC1. The number of ether oxygens (including phenoxy) is 1. The number of para-hydroxylation sites is 1. The molecule has 0 bridgehead atoms. The van der Waals surface area contributed by atoms with E-state index in [1.54, 1.807) is 6.07 Å². The molecule has 0 unspecified atom stereocenters. The van der Waals surface area contributed by atoms with Gasteiger partial charge in [0.05, 0.1) is 18.2 Å². The molecule has 2 aromatic rings. The molecule has 2 atom stereocenters. The molecule has 1 fully saturated rings. The van der Waals surface area contributed by atoms with Crippen molar-refractivity contribution in [1.82, 2.24) is 15.6 Å². The summed E-state index contributed by atoms with van der Waals surface area (Å²) in [4.78, 5) is 29.7. The number of hydrogen-bond acceptors (Lipinski definition) is 4. The van der Waals surface area contributed by atoms with Crippen LogP contribution in [0.5, 0.6) is 0 Å². The van der Waals surface area contributed by atoms with Crippen LogP contribution in [0.3, 0.4) is 0 Å². The summed E-state index contributed by atoms with van der Waals surface area (Å²) < 4.78 is 5.30. The molecule has 1 saturated heterocycles. The smallest absolute Gasteiger partial charge is 0.270 e. The molecule has 0 aliphatic carbocycles. The summed E-state index contributed by atoms with van der Waals surface area (Å²) in [6.07, 6.45) is 1.37. The second-order valence-electron chi connectivity index (χ2n) is 7.11. The Morgan fingerprint density at radius 1 is 1.18 bits per heavy atom. The third kappa shape index (κ3) is 6.02. The molecule has 1 aliphatic rings. The number of nitrogens with one attached hydrogen (secondary N) is 2. The lowest BCUT2D eigenvalue weighted by Crippen LogP contribution is -2.50. The number of benzene rings is 1. The highest BCUT2D eigenvalue weighted by Crippen LogP contribution is 2.13. The predicted octanol–water partition coefficient (Wildman–Crippen LogP) is 3.31. The molecule has 6 heteroatoms. The van der Waals surface area contributed by atoms with Crippen LogP contribution < -0.4 is 10.6 Å². The minimum absolute atomic E-state index is 0.0212. The lowest BCUT2D eigenvalue weighted by molar-refractivity contribution is -0.124. The number of aromatic nitrogens is 1. The number of carbonyl (C=O) groups excluding carboxylic acids is 2. The van der Waals surface area contributed by atoms with Crippen molar-refractivity contribution in [1.29, 1.82) is 0 Å². The van der Waals surface area contributed by atoms with E-state index in [2.05, 4.69) is 15.6 Å². The highest BCUT2D eigenvalue weighted by atomic mass is 16.5. The zero-order chi connectivity index (χ0) is 20.5. The Labute approximate surface area is 167 Å². The molecular weight excluding hydrogens is 354 g/mol. The van der Waals surface area contributed by atoms with Crippen molar-refractivity contribution in [3.8, 4) is 0 Å². The second-order valence-corrected chi connectivity index (χ2v) is 7.11. The first-order valence-electron chi connectivity index (χ1n) is 10.1. The first-order valence-corrected chi connectivity index (χ1v) is 10.1. The third-order valence-electron chi connectivity index (χ3n) is 4.44. The zero-order valence-corrected chi connectivity index (χ0v) is 17.2. The van der Waals surface area contributed by atoms with E-state index in [0.29, 0.717) is 25.3 Å². The molecule has 3 rings (SSSR count). The molecule has 1 aromatic heterocycles. The standard InChI is InChI=1S/C20H25N3O3.C2H6/c1-13(2)11-18(20(25)21-15-9-10-26-12-15)23-19(24)17-8-7-14-5-3-4-6-16(14)22-17;1-2/h3-8,13,15,18H,9-12H2,1-2H3,(H,21,25)(H,23,24);1-2H3/t15-,18-;/m0./s1. The van der Waals surface area contributed by atoms with Gasteiger partial charge in [-0.1, -0.05) is 52.0 Å². The number of nitrogens with zero attached hydrogens (tertiary/aromatic N) is 1. The van der Waals surface area contributed by atoms with Crippen LogP contribution in [0.2, 0.25) is 0 Å². The van der Waals surface area contributed by atoms with Gasteiger partial charge in [-0.3, -0.25) is 9.59 Å². The van der Waals surface area contributed by atoms with Gasteiger partial charge < -0.3 is 15.4 Å². The monoisotopic (exact) mass is 385 g/mol. The van der Waals surface area contributed by atoms with Crippen molar-refractivity contribution >= 4 is 22.7 Å². The Hall–Kier alpha value is -2.47. The van der Waals surface area contributed by atoms with Crippen LogP contribution in [-0.4, -0.2) is 42.1 Å². The Kier molecular flexibility index (Phi) is 8.39. The number of rotatable bonds is 6. The highest BCUT2D eigenvalue weighted by molar-refractivity contribution is 5.97. The fraction of sp³-hybridized carbons (Fsp3) is 0.500. The fourth-order valence-corrected chi connectivity index (χ4v) is 3.08. The third-order valence-corrected chi connectivity index (χ3v) is 4.44. The van der Waals surface area contributed by atoms with E-state index < -0.39 is 6.04 Å². The van der Waals surface area contributed by atoms with Crippen LogP contribution >= 0.6 is 0 Å². The normalized spacial score (nSPS) is 17.0. The molecule has 1 aliphatic heterocycles. The first kappa shape index (κ1) is 21.8. The van der Waals surface area contributed by atoms with Crippen LogP contribution in [0.25, 0.3) is 10.9 Å². The van der Waals surface area contributed by atoms with E-state index in [0.717, 1.165) is 17.3 Å². The second kappa shape index (κ2) is 10.8. The summed E-state index contributed by atoms with van der Waals surface area (Å²) in [5.41, 5.74) is 1.07. The van der Waals surface area contributed by atoms with Gasteiger partial charge in [-0.2, -0.15) is 0 Å². The van der Waals surface area contributed by atoms with Crippen LogP contribution in [0.15, 0.2) is 36.4 Å². The van der Waals surface area contributed by atoms with E-state index in [9.17, 15) is 9.59 Å². The molecular formula is C22H31N3O3. The van der Waals surface area contributed by atoms with Crippen molar-refractivity contribution in [3.63, 3.8) is 0 Å². The average Bonchev–Trinajstić information content (AvgIpc) is 3.21. The number of hydrogen-bond donors (Lipinski definition) is 2. The van der Waals surface area contributed by atoms with E-state index in [1.165, 1.54) is 0 Å². The maximum atomic E-state index is 12.6. The van der Waals surface area contributed by atoms with Gasteiger partial charge in [0.25, 0.3) is 5.91 Å². The zero-order valence-electron chi connectivity index (χ0n) is 17.2. The molecule has 2 N–H and O–H groups in total. The molecule has 28 heavy (non-hydrogen) atoms. The molecule has 2 amide bonds. The van der Waals surface area contributed by atoms with Crippen LogP contribution in [0, 0.1) is 5.92 Å². The summed E-state index contributed by atoms with van der Waals surface area (Å²) >= 11 is 0. The van der Waals surface area contributed by atoms with Gasteiger partial charge in [-0.15, -0.1) is 0 Å². The summed E-state index contributed by atoms with van der Waals surface area (Å²) in [5, 5.41) is 6.79. The summed E-state index contributed by atoms with van der Waals surface area (Å²) in [6.45, 7) is 9.24. The Balaban J connectivity index is 0.00000136. The number of fused-ring (bicyclic) bond motifs is 1. The molecule has 152 valence electrons. The van der Waals surface area contributed by atoms with Gasteiger partial charge >= 0.3 is 0 Å². The van der Waals surface area contributed by atoms with Gasteiger partial charge in [-0.25, -0.2) is 4.98 Å². The summed E-state index contributed by atoms with van der Waals surface area (Å²) in [5.74, 6) is -0.224. The van der Waals surface area contributed by atoms with E-state index in [4.69, 9.17) is 4.74 Å². The molecule has 1 aromatic carbocycles. The minimum atomic E-state index is -0.587. The molecule has 0 radical (unpaired) electrons. The molecule has 2 heterocycles. The topological polar surface area (TPSA) is 80.3 Å². The molecule has 0 saturated carbocycles. The van der Waals surface area contributed by atoms with E-state index >= 15 is 0 Å². The fourth-order valence-electron chi connectivity index (χ4n) is 3.08. The van der Waals surface area contributed by atoms with Gasteiger partial charge in [-0.05, 0) is 30.9 Å². The van der Waals surface area contributed by atoms with Gasteiger partial charge in [0, 0.05) is 12.0 Å². The maximum absolute atomic E-state index is 12.6. The van der Waals surface area contributed by atoms with Crippen molar-refractivity contribution < 1.29 is 14.3 Å². The van der Waals surface area contributed by atoms with Crippen molar-refractivity contribution in [3.05, 3.63) is 42.1 Å². The summed E-state index contributed by atoms with van der Waals surface area (Å²) in [7, 11) is 0. The first-order chi connectivity index (χ1) is 13.5. The number of pyridine rings is 1. The Morgan fingerprint density at radius 2 is 1.93 bits per heavy atom.